The zero-order valence-electron chi connectivity index (χ0n) is 33.5. The Kier molecular flexibility index (Phi) is 6.76. The standard InChI is InChI=1S/C59H35N3/c1-3-15-36(16-4-1)56-42-22-9-11-24-44(42)57(45-25-12-10-23-43(45)56)39-27-28-46-52(32-39)59(51-29-30-60-61-58(46)51)50-26-14-13-21-41(50)47-34-49-48-31-37-17-7-8-18-38(37)33-54(48)62(55(49)35-53(47)59)40-19-5-2-6-20-40/h1-35H. The van der Waals surface area contributed by atoms with Crippen molar-refractivity contribution in [3.8, 4) is 50.3 Å². The van der Waals surface area contributed by atoms with Gasteiger partial charge < -0.3 is 4.57 Å². The third-order valence-corrected chi connectivity index (χ3v) is 13.9. The Morgan fingerprint density at radius 2 is 0.935 bits per heavy atom. The van der Waals surface area contributed by atoms with Gasteiger partial charge in [-0.05, 0) is 131 Å². The molecule has 0 radical (unpaired) electrons. The molecule has 1 atom stereocenters. The number of benzene rings is 10. The van der Waals surface area contributed by atoms with E-state index >= 15 is 0 Å². The van der Waals surface area contributed by atoms with Crippen LogP contribution in [-0.4, -0.2) is 14.8 Å². The number of para-hydroxylation sites is 1. The molecule has 2 aliphatic carbocycles. The van der Waals surface area contributed by atoms with Gasteiger partial charge in [-0.15, -0.1) is 0 Å². The smallest absolute Gasteiger partial charge is 0.0980 e. The molecular formula is C59H35N3. The molecule has 14 rings (SSSR count). The first-order valence-electron chi connectivity index (χ1n) is 21.4. The minimum absolute atomic E-state index is 0.630. The van der Waals surface area contributed by atoms with Gasteiger partial charge in [0.25, 0.3) is 0 Å². The fraction of sp³-hybridized carbons (Fsp3) is 0.0169. The molecule has 2 aliphatic rings. The van der Waals surface area contributed by atoms with Gasteiger partial charge in [0.1, 0.15) is 0 Å². The summed E-state index contributed by atoms with van der Waals surface area (Å²) in [4.78, 5) is 0. The highest BCUT2D eigenvalue weighted by molar-refractivity contribution is 6.22. The van der Waals surface area contributed by atoms with E-state index in [0.29, 0.717) is 0 Å². The van der Waals surface area contributed by atoms with Crippen LogP contribution in [0, 0.1) is 0 Å². The Morgan fingerprint density at radius 1 is 0.355 bits per heavy atom. The van der Waals surface area contributed by atoms with E-state index in [9.17, 15) is 0 Å². The second kappa shape index (κ2) is 12.4. The van der Waals surface area contributed by atoms with Crippen molar-refractivity contribution in [1.82, 2.24) is 14.8 Å². The minimum atomic E-state index is -0.630. The lowest BCUT2D eigenvalue weighted by Gasteiger charge is -2.30. The molecule has 0 N–H and O–H groups in total. The predicted octanol–water partition coefficient (Wildman–Crippen LogP) is 14.7. The van der Waals surface area contributed by atoms with E-state index in [4.69, 9.17) is 5.10 Å². The van der Waals surface area contributed by atoms with Crippen LogP contribution in [0.1, 0.15) is 22.3 Å². The van der Waals surface area contributed by atoms with Crippen molar-refractivity contribution in [3.05, 3.63) is 235 Å². The molecule has 2 aromatic heterocycles. The summed E-state index contributed by atoms with van der Waals surface area (Å²) in [6.07, 6.45) is 1.88. The highest BCUT2D eigenvalue weighted by Gasteiger charge is 2.53. The van der Waals surface area contributed by atoms with Crippen LogP contribution in [0.3, 0.4) is 0 Å². The van der Waals surface area contributed by atoms with Crippen LogP contribution in [-0.2, 0) is 5.41 Å². The first kappa shape index (κ1) is 33.7. The van der Waals surface area contributed by atoms with Crippen molar-refractivity contribution < 1.29 is 0 Å². The highest BCUT2D eigenvalue weighted by atomic mass is 15.1. The predicted molar refractivity (Wildman–Crippen MR) is 256 cm³/mol. The summed E-state index contributed by atoms with van der Waals surface area (Å²) < 4.78 is 2.47. The van der Waals surface area contributed by atoms with E-state index in [2.05, 4.69) is 216 Å². The molecule has 0 aliphatic heterocycles. The van der Waals surface area contributed by atoms with Gasteiger partial charge in [0.05, 0.1) is 22.1 Å². The molecule has 3 heteroatoms. The largest absolute Gasteiger partial charge is 0.309 e. The summed E-state index contributed by atoms with van der Waals surface area (Å²) in [5.41, 5.74) is 17.4. The molecule has 1 unspecified atom stereocenters. The van der Waals surface area contributed by atoms with Gasteiger partial charge in [0.15, 0.2) is 0 Å². The average Bonchev–Trinajstić information content (AvgIpc) is 3.92. The van der Waals surface area contributed by atoms with Crippen LogP contribution >= 0.6 is 0 Å². The Labute approximate surface area is 357 Å². The maximum absolute atomic E-state index is 4.95. The molecule has 0 fully saturated rings. The lowest BCUT2D eigenvalue weighted by atomic mass is 9.70. The van der Waals surface area contributed by atoms with E-state index < -0.39 is 5.41 Å². The number of rotatable bonds is 3. The van der Waals surface area contributed by atoms with Crippen molar-refractivity contribution in [2.75, 3.05) is 0 Å². The van der Waals surface area contributed by atoms with Crippen LogP contribution in [0.25, 0.3) is 104 Å². The molecule has 10 aromatic carbocycles. The SMILES string of the molecule is c1ccc(-c2c3ccccc3c(-c3ccc4c(c3)C3(c5ccccc5-c5cc6c7cc8ccccc8cc7n(-c7ccccc7)c6cc53)c3ccnnc3-4)c3ccccc23)cc1. The zero-order chi connectivity index (χ0) is 40.5. The fourth-order valence-electron chi connectivity index (χ4n) is 11.5. The minimum Gasteiger partial charge on any atom is -0.309 e. The summed E-state index contributed by atoms with van der Waals surface area (Å²) >= 11 is 0. The Morgan fingerprint density at radius 3 is 1.68 bits per heavy atom. The van der Waals surface area contributed by atoms with Crippen molar-refractivity contribution in [3.63, 3.8) is 0 Å². The third-order valence-electron chi connectivity index (χ3n) is 13.9. The molecular weight excluding hydrogens is 751 g/mol. The Balaban J connectivity index is 1.11. The summed E-state index contributed by atoms with van der Waals surface area (Å²) in [6, 6.07) is 76.4. The van der Waals surface area contributed by atoms with Gasteiger partial charge in [0.2, 0.25) is 0 Å². The Hall–Kier alpha value is -8.14. The van der Waals surface area contributed by atoms with Crippen molar-refractivity contribution in [2.24, 2.45) is 0 Å². The first-order valence-corrected chi connectivity index (χ1v) is 21.4. The molecule has 0 bridgehead atoms. The van der Waals surface area contributed by atoms with Crippen LogP contribution in [0.2, 0.25) is 0 Å². The van der Waals surface area contributed by atoms with Crippen LogP contribution < -0.4 is 0 Å². The van der Waals surface area contributed by atoms with Gasteiger partial charge in [0, 0.05) is 33.8 Å². The van der Waals surface area contributed by atoms with E-state index in [1.807, 2.05) is 6.20 Å². The molecule has 0 amide bonds. The monoisotopic (exact) mass is 785 g/mol. The third kappa shape index (κ3) is 4.34. The summed E-state index contributed by atoms with van der Waals surface area (Å²) in [5.74, 6) is 0. The van der Waals surface area contributed by atoms with Gasteiger partial charge in [-0.1, -0.05) is 158 Å². The number of fused-ring (bicyclic) bond motifs is 16. The molecule has 0 saturated heterocycles. The van der Waals surface area contributed by atoms with E-state index in [0.717, 1.165) is 16.9 Å². The fourth-order valence-corrected chi connectivity index (χ4v) is 11.5. The molecule has 1 spiro atoms. The maximum atomic E-state index is 4.95. The summed E-state index contributed by atoms with van der Waals surface area (Å²) in [7, 11) is 0. The zero-order valence-corrected chi connectivity index (χ0v) is 33.5. The van der Waals surface area contributed by atoms with Gasteiger partial charge in [-0.3, -0.25) is 0 Å². The van der Waals surface area contributed by atoms with Crippen molar-refractivity contribution >= 4 is 54.1 Å². The molecule has 286 valence electrons. The second-order valence-corrected chi connectivity index (χ2v) is 16.9. The number of nitrogens with zero attached hydrogens (tertiary/aromatic N) is 3. The van der Waals surface area contributed by atoms with Crippen molar-refractivity contribution in [1.29, 1.82) is 0 Å². The van der Waals surface area contributed by atoms with Crippen molar-refractivity contribution in [2.45, 2.75) is 5.41 Å². The van der Waals surface area contributed by atoms with Crippen LogP contribution in [0.5, 0.6) is 0 Å². The first-order chi connectivity index (χ1) is 30.8. The topological polar surface area (TPSA) is 30.7 Å². The van der Waals surface area contributed by atoms with E-state index in [-0.39, 0.29) is 0 Å². The Bertz CT molecular complexity index is 3810. The number of aromatic nitrogens is 3. The summed E-state index contributed by atoms with van der Waals surface area (Å²) in [5, 5.41) is 19.4. The molecule has 3 nitrogen and oxygen atoms in total. The van der Waals surface area contributed by atoms with E-state index in [1.165, 1.54) is 110 Å². The van der Waals surface area contributed by atoms with Gasteiger partial charge in [-0.2, -0.15) is 10.2 Å². The molecule has 2 heterocycles. The average molecular weight is 786 g/mol. The normalized spacial score (nSPS) is 14.8. The van der Waals surface area contributed by atoms with Gasteiger partial charge in [-0.25, -0.2) is 0 Å². The summed E-state index contributed by atoms with van der Waals surface area (Å²) in [6.45, 7) is 0. The highest BCUT2D eigenvalue weighted by Crippen LogP contribution is 2.63. The quantitative estimate of drug-likeness (QED) is 0.167. The number of hydrogen-bond acceptors (Lipinski definition) is 2. The second-order valence-electron chi connectivity index (χ2n) is 16.9. The van der Waals surface area contributed by atoms with Crippen LogP contribution in [0.15, 0.2) is 212 Å². The lowest BCUT2D eigenvalue weighted by Crippen LogP contribution is -2.26. The molecule has 12 aromatic rings. The van der Waals surface area contributed by atoms with E-state index in [1.54, 1.807) is 0 Å². The molecule has 62 heavy (non-hydrogen) atoms. The van der Waals surface area contributed by atoms with Gasteiger partial charge >= 0.3 is 0 Å². The number of hydrogen-bond donors (Lipinski definition) is 0. The van der Waals surface area contributed by atoms with Crippen LogP contribution in [0.4, 0.5) is 0 Å². The lowest BCUT2D eigenvalue weighted by molar-refractivity contribution is 0.787. The molecule has 0 saturated carbocycles. The maximum Gasteiger partial charge on any atom is 0.0980 e.